The van der Waals surface area contributed by atoms with Gasteiger partial charge in [0.15, 0.2) is 0 Å². The van der Waals surface area contributed by atoms with E-state index in [1.165, 1.54) is 0 Å². The van der Waals surface area contributed by atoms with Crippen molar-refractivity contribution < 1.29 is 9.46 Å². The molecule has 0 aromatic rings. The fraction of sp³-hybridized carbons (Fsp3) is 0.667. The molecular weight excluding hydrogens is 135 g/mol. The Morgan fingerprint density at radius 2 is 2.33 bits per heavy atom. The summed E-state index contributed by atoms with van der Waals surface area (Å²) in [6.07, 6.45) is 3.42. The van der Waals surface area contributed by atoms with Crippen LogP contribution in [0.25, 0.3) is 0 Å². The third-order valence-corrected chi connectivity index (χ3v) is 2.23. The van der Waals surface area contributed by atoms with Crippen LogP contribution in [0.5, 0.6) is 0 Å². The third kappa shape index (κ3) is 3.50. The number of allylic oxidation sites excluding steroid dienone is 2. The summed E-state index contributed by atoms with van der Waals surface area (Å²) in [5.41, 5.74) is 0. The first-order chi connectivity index (χ1) is 4.22. The predicted octanol–water partition coefficient (Wildman–Crippen LogP) is 2.16. The Labute approximate surface area is 56.5 Å². The summed E-state index contributed by atoms with van der Waals surface area (Å²) >= 11 is 0. The number of hydrogen-bond donors (Lipinski definition) is 1. The zero-order chi connectivity index (χ0) is 7.28. The molecular formula is C6H13O2P. The van der Waals surface area contributed by atoms with Gasteiger partial charge in [0.2, 0.25) is 8.03 Å². The van der Waals surface area contributed by atoms with Gasteiger partial charge in [-0.2, -0.15) is 0 Å². The highest BCUT2D eigenvalue weighted by Crippen LogP contribution is 2.30. The first-order valence-corrected chi connectivity index (χ1v) is 4.46. The molecule has 0 saturated carbocycles. The van der Waals surface area contributed by atoms with E-state index in [9.17, 15) is 4.57 Å². The van der Waals surface area contributed by atoms with Crippen LogP contribution in [0, 0.1) is 0 Å². The largest absolute Gasteiger partial charge is 0.343 e. The average molecular weight is 148 g/mol. The standard InChI is InChI=1S/C6H13O2P/c1-3-5-6(4-2)9(7)8/h4,9H,3,5H2,1-2H3,(H,7,8). The minimum atomic E-state index is -2.38. The molecule has 0 heterocycles. The Balaban J connectivity index is 3.85. The second kappa shape index (κ2) is 4.78. The summed E-state index contributed by atoms with van der Waals surface area (Å²) in [5, 5.41) is 0.697. The van der Waals surface area contributed by atoms with Gasteiger partial charge < -0.3 is 4.89 Å². The minimum absolute atomic E-state index is 0.697. The fourth-order valence-corrected chi connectivity index (χ4v) is 1.35. The number of hydrogen-bond acceptors (Lipinski definition) is 1. The molecule has 3 heteroatoms. The average Bonchev–Trinajstić information content (AvgIpc) is 1.82. The van der Waals surface area contributed by atoms with Crippen molar-refractivity contribution in [1.82, 2.24) is 0 Å². The minimum Gasteiger partial charge on any atom is -0.343 e. The Bertz CT molecular complexity index is 129. The van der Waals surface area contributed by atoms with E-state index in [0.717, 1.165) is 12.8 Å². The van der Waals surface area contributed by atoms with Gasteiger partial charge in [0.05, 0.1) is 0 Å². The molecule has 0 amide bonds. The lowest BCUT2D eigenvalue weighted by Crippen LogP contribution is -1.73. The van der Waals surface area contributed by atoms with Crippen LogP contribution in [-0.4, -0.2) is 4.89 Å². The Morgan fingerprint density at radius 1 is 1.78 bits per heavy atom. The molecule has 0 aliphatic carbocycles. The molecule has 1 atom stereocenters. The number of rotatable bonds is 3. The van der Waals surface area contributed by atoms with Crippen molar-refractivity contribution in [3.05, 3.63) is 11.4 Å². The first-order valence-electron chi connectivity index (χ1n) is 3.10. The Kier molecular flexibility index (Phi) is 4.74. The molecule has 9 heavy (non-hydrogen) atoms. The van der Waals surface area contributed by atoms with Crippen molar-refractivity contribution in [1.29, 1.82) is 0 Å². The maximum atomic E-state index is 10.4. The summed E-state index contributed by atoms with van der Waals surface area (Å²) in [7, 11) is -2.38. The maximum absolute atomic E-state index is 10.4. The highest BCUT2D eigenvalue weighted by atomic mass is 31.1. The lowest BCUT2D eigenvalue weighted by Gasteiger charge is -1.97. The third-order valence-electron chi connectivity index (χ3n) is 1.14. The van der Waals surface area contributed by atoms with Gasteiger partial charge >= 0.3 is 0 Å². The van der Waals surface area contributed by atoms with E-state index in [1.54, 1.807) is 13.0 Å². The van der Waals surface area contributed by atoms with Crippen molar-refractivity contribution in [3.63, 3.8) is 0 Å². The quantitative estimate of drug-likeness (QED) is 0.622. The van der Waals surface area contributed by atoms with Gasteiger partial charge in [-0.05, 0) is 13.3 Å². The van der Waals surface area contributed by atoms with Crippen LogP contribution in [0.1, 0.15) is 26.7 Å². The molecule has 0 aliphatic rings. The molecule has 0 aromatic heterocycles. The van der Waals surface area contributed by atoms with Crippen LogP contribution in [-0.2, 0) is 4.57 Å². The predicted molar refractivity (Wildman–Crippen MR) is 39.9 cm³/mol. The fourth-order valence-electron chi connectivity index (χ4n) is 0.644. The highest BCUT2D eigenvalue weighted by Gasteiger charge is 1.98. The van der Waals surface area contributed by atoms with E-state index in [2.05, 4.69) is 0 Å². The van der Waals surface area contributed by atoms with E-state index in [4.69, 9.17) is 4.89 Å². The smallest absolute Gasteiger partial charge is 0.213 e. The zero-order valence-electron chi connectivity index (χ0n) is 5.85. The van der Waals surface area contributed by atoms with Crippen molar-refractivity contribution >= 4 is 8.03 Å². The molecule has 0 radical (unpaired) electrons. The molecule has 1 unspecified atom stereocenters. The Hall–Kier alpha value is -0.0700. The second-order valence-corrected chi connectivity index (χ2v) is 3.12. The SMILES string of the molecule is CC=C(CCC)[PH](=O)O. The van der Waals surface area contributed by atoms with Gasteiger partial charge in [-0.1, -0.05) is 19.4 Å². The monoisotopic (exact) mass is 148 g/mol. The summed E-state index contributed by atoms with van der Waals surface area (Å²) in [4.78, 5) is 8.62. The van der Waals surface area contributed by atoms with Crippen LogP contribution in [0.4, 0.5) is 0 Å². The van der Waals surface area contributed by atoms with E-state index < -0.39 is 8.03 Å². The van der Waals surface area contributed by atoms with E-state index in [-0.39, 0.29) is 0 Å². The van der Waals surface area contributed by atoms with E-state index in [0.29, 0.717) is 5.31 Å². The molecule has 0 aliphatic heterocycles. The molecule has 0 saturated heterocycles. The maximum Gasteiger partial charge on any atom is 0.213 e. The lowest BCUT2D eigenvalue weighted by molar-refractivity contribution is 0.507. The highest BCUT2D eigenvalue weighted by molar-refractivity contribution is 7.43. The van der Waals surface area contributed by atoms with Crippen LogP contribution >= 0.6 is 8.03 Å². The van der Waals surface area contributed by atoms with Gasteiger partial charge in [0.25, 0.3) is 0 Å². The first kappa shape index (κ1) is 8.93. The molecule has 1 N–H and O–H groups in total. The summed E-state index contributed by atoms with van der Waals surface area (Å²) in [6, 6.07) is 0. The molecule has 0 rings (SSSR count). The van der Waals surface area contributed by atoms with Gasteiger partial charge in [-0.15, -0.1) is 0 Å². The van der Waals surface area contributed by atoms with E-state index in [1.807, 2.05) is 6.92 Å². The van der Waals surface area contributed by atoms with Crippen molar-refractivity contribution in [3.8, 4) is 0 Å². The zero-order valence-corrected chi connectivity index (χ0v) is 6.85. The topological polar surface area (TPSA) is 37.3 Å². The van der Waals surface area contributed by atoms with Gasteiger partial charge in [0, 0.05) is 5.31 Å². The van der Waals surface area contributed by atoms with Crippen LogP contribution in [0.15, 0.2) is 11.4 Å². The van der Waals surface area contributed by atoms with Gasteiger partial charge in [-0.25, -0.2) is 0 Å². The molecule has 54 valence electrons. The Morgan fingerprint density at radius 3 is 2.44 bits per heavy atom. The van der Waals surface area contributed by atoms with Crippen molar-refractivity contribution in [2.24, 2.45) is 0 Å². The summed E-state index contributed by atoms with van der Waals surface area (Å²) in [5.74, 6) is 0. The normalized spacial score (nSPS) is 15.7. The molecule has 0 aromatic carbocycles. The van der Waals surface area contributed by atoms with Gasteiger partial charge in [-0.3, -0.25) is 4.57 Å². The van der Waals surface area contributed by atoms with Crippen LogP contribution < -0.4 is 0 Å². The second-order valence-electron chi connectivity index (χ2n) is 1.87. The molecule has 2 nitrogen and oxygen atoms in total. The van der Waals surface area contributed by atoms with E-state index >= 15 is 0 Å². The van der Waals surface area contributed by atoms with Crippen LogP contribution in [0.2, 0.25) is 0 Å². The lowest BCUT2D eigenvalue weighted by atomic mass is 10.3. The molecule has 0 fully saturated rings. The van der Waals surface area contributed by atoms with Gasteiger partial charge in [0.1, 0.15) is 0 Å². The molecule has 0 spiro atoms. The van der Waals surface area contributed by atoms with Crippen molar-refractivity contribution in [2.45, 2.75) is 26.7 Å². The van der Waals surface area contributed by atoms with Crippen LogP contribution in [0.3, 0.4) is 0 Å². The van der Waals surface area contributed by atoms with Crippen molar-refractivity contribution in [2.75, 3.05) is 0 Å². The summed E-state index contributed by atoms with van der Waals surface area (Å²) in [6.45, 7) is 3.79. The summed E-state index contributed by atoms with van der Waals surface area (Å²) < 4.78 is 10.4. The molecule has 0 bridgehead atoms.